The molecule has 0 spiro atoms. The molecule has 1 saturated carbocycles. The number of halogens is 1. The average molecular weight is 434 g/mol. The van der Waals surface area contributed by atoms with E-state index in [1.54, 1.807) is 30.3 Å². The summed E-state index contributed by atoms with van der Waals surface area (Å²) in [6, 6.07) is 20.1. The maximum absolute atomic E-state index is 12.2. The maximum atomic E-state index is 12.2. The van der Waals surface area contributed by atoms with Gasteiger partial charge < -0.3 is 20.7 Å². The summed E-state index contributed by atoms with van der Waals surface area (Å²) in [4.78, 5) is 4.36. The Kier molecular flexibility index (Phi) is 4.54. The van der Waals surface area contributed by atoms with Crippen LogP contribution < -0.4 is 10.5 Å². The lowest BCUT2D eigenvalue weighted by Gasteiger charge is -2.40. The Bertz CT molecular complexity index is 1180. The van der Waals surface area contributed by atoms with Crippen LogP contribution in [-0.4, -0.2) is 27.8 Å². The zero-order valence-corrected chi connectivity index (χ0v) is 17.2. The van der Waals surface area contributed by atoms with E-state index in [-0.39, 0.29) is 12.2 Å². The molecule has 1 aliphatic carbocycles. The van der Waals surface area contributed by atoms with Crippen LogP contribution in [0.15, 0.2) is 66.9 Å². The second kappa shape index (κ2) is 7.04. The summed E-state index contributed by atoms with van der Waals surface area (Å²) in [5, 5.41) is 33.3. The van der Waals surface area contributed by atoms with E-state index in [2.05, 4.69) is 11.1 Å². The summed E-state index contributed by atoms with van der Waals surface area (Å²) < 4.78 is 6.54. The summed E-state index contributed by atoms with van der Waals surface area (Å²) in [7, 11) is 0. The minimum atomic E-state index is -1.87. The number of pyridine rings is 1. The van der Waals surface area contributed by atoms with Crippen molar-refractivity contribution in [1.29, 1.82) is 5.26 Å². The lowest BCUT2D eigenvalue weighted by atomic mass is 9.71. The number of aliphatic hydroxyl groups excluding tert-OH is 1. The second-order valence-corrected chi connectivity index (χ2v) is 8.46. The SMILES string of the molecule is N#Cc1ccc([C@@]23Oc4cc(Cl)cnc4[C@@]2(O)[C@H](O)[C@@H](CN)[C@@H]3c2ccccc2)cc1. The lowest BCUT2D eigenvalue weighted by Crippen LogP contribution is -2.52. The Morgan fingerprint density at radius 3 is 2.52 bits per heavy atom. The molecule has 0 unspecified atom stereocenters. The van der Waals surface area contributed by atoms with Crippen molar-refractivity contribution in [3.8, 4) is 11.8 Å². The van der Waals surface area contributed by atoms with Gasteiger partial charge in [0, 0.05) is 24.1 Å². The number of nitriles is 1. The van der Waals surface area contributed by atoms with Crippen molar-refractivity contribution in [3.63, 3.8) is 0 Å². The fourth-order valence-electron chi connectivity index (χ4n) is 5.32. The van der Waals surface area contributed by atoms with Crippen LogP contribution in [0.5, 0.6) is 5.75 Å². The van der Waals surface area contributed by atoms with Gasteiger partial charge in [0.15, 0.2) is 11.2 Å². The minimum absolute atomic E-state index is 0.132. The second-order valence-electron chi connectivity index (χ2n) is 8.03. The number of fused-ring (bicyclic) bond motifs is 3. The first-order valence-corrected chi connectivity index (χ1v) is 10.4. The molecular formula is C24H20ClN3O3. The van der Waals surface area contributed by atoms with E-state index in [0.717, 1.165) is 5.56 Å². The van der Waals surface area contributed by atoms with Gasteiger partial charge in [-0.15, -0.1) is 0 Å². The zero-order valence-electron chi connectivity index (χ0n) is 16.4. The highest BCUT2D eigenvalue weighted by Gasteiger charge is 2.76. The first kappa shape index (κ1) is 20.0. The summed E-state index contributed by atoms with van der Waals surface area (Å²) in [6.45, 7) is 0.132. The van der Waals surface area contributed by atoms with Gasteiger partial charge >= 0.3 is 0 Å². The Morgan fingerprint density at radius 1 is 1.16 bits per heavy atom. The molecule has 0 saturated heterocycles. The van der Waals surface area contributed by atoms with Crippen molar-refractivity contribution in [2.45, 2.75) is 23.2 Å². The Balaban J connectivity index is 1.84. The van der Waals surface area contributed by atoms with E-state index in [4.69, 9.17) is 22.1 Å². The molecule has 0 bridgehead atoms. The molecule has 2 aliphatic rings. The Hall–Kier alpha value is -2.95. The molecule has 1 aromatic heterocycles. The summed E-state index contributed by atoms with van der Waals surface area (Å²) in [5.41, 5.74) is 5.04. The predicted molar refractivity (Wildman–Crippen MR) is 114 cm³/mol. The molecule has 5 atom stereocenters. The zero-order chi connectivity index (χ0) is 21.8. The highest BCUT2D eigenvalue weighted by atomic mass is 35.5. The summed E-state index contributed by atoms with van der Waals surface area (Å²) in [5.74, 6) is -0.678. The van der Waals surface area contributed by atoms with E-state index in [9.17, 15) is 15.5 Å². The first-order valence-electron chi connectivity index (χ1n) is 9.98. The Morgan fingerprint density at radius 2 is 1.87 bits per heavy atom. The van der Waals surface area contributed by atoms with Gasteiger partial charge in [-0.05, 0) is 29.8 Å². The van der Waals surface area contributed by atoms with E-state index in [1.165, 1.54) is 6.20 Å². The van der Waals surface area contributed by atoms with E-state index >= 15 is 0 Å². The van der Waals surface area contributed by atoms with Gasteiger partial charge in [0.25, 0.3) is 0 Å². The molecule has 1 fully saturated rings. The highest BCUT2D eigenvalue weighted by Crippen LogP contribution is 2.67. The number of nitrogens with two attached hydrogens (primary N) is 1. The number of hydrogen-bond donors (Lipinski definition) is 3. The van der Waals surface area contributed by atoms with Crippen LogP contribution in [0.4, 0.5) is 0 Å². The number of ether oxygens (including phenoxy) is 1. The molecule has 31 heavy (non-hydrogen) atoms. The highest BCUT2D eigenvalue weighted by molar-refractivity contribution is 6.30. The van der Waals surface area contributed by atoms with E-state index in [0.29, 0.717) is 21.9 Å². The fraction of sp³-hybridized carbons (Fsp3) is 0.250. The van der Waals surface area contributed by atoms with Crippen LogP contribution >= 0.6 is 11.6 Å². The Labute approximate surface area is 184 Å². The van der Waals surface area contributed by atoms with Crippen LogP contribution in [0.1, 0.15) is 28.3 Å². The molecule has 4 N–H and O–H groups in total. The molecule has 0 radical (unpaired) electrons. The standard InChI is InChI=1S/C24H20ClN3O3/c25-17-10-19-21(28-13-17)23(30)22(29)18(12-27)20(15-4-2-1-3-5-15)24(23,31-19)16-8-6-14(11-26)7-9-16/h1-10,13,18,20,22,29-30H,12,27H2/t18-,20-,22+,23+,24-/m0/s1. The summed E-state index contributed by atoms with van der Waals surface area (Å²) in [6.07, 6.45) is 0.185. The average Bonchev–Trinajstić information content (AvgIpc) is 3.16. The van der Waals surface area contributed by atoms with Crippen LogP contribution in [0, 0.1) is 17.2 Å². The number of hydrogen-bond acceptors (Lipinski definition) is 6. The smallest absolute Gasteiger partial charge is 0.181 e. The number of rotatable bonds is 3. The molecule has 0 amide bonds. The van der Waals surface area contributed by atoms with Gasteiger partial charge in [-0.3, -0.25) is 4.98 Å². The fourth-order valence-corrected chi connectivity index (χ4v) is 5.47. The van der Waals surface area contributed by atoms with Crippen molar-refractivity contribution in [2.24, 2.45) is 11.7 Å². The minimum Gasteiger partial charge on any atom is -0.476 e. The van der Waals surface area contributed by atoms with Crippen LogP contribution in [0.3, 0.4) is 0 Å². The van der Waals surface area contributed by atoms with Gasteiger partial charge in [-0.1, -0.05) is 54.1 Å². The number of aliphatic hydroxyl groups is 2. The molecular weight excluding hydrogens is 414 g/mol. The van der Waals surface area contributed by atoms with Crippen molar-refractivity contribution in [2.75, 3.05) is 6.54 Å². The predicted octanol–water partition coefficient (Wildman–Crippen LogP) is 2.82. The topological polar surface area (TPSA) is 112 Å². The monoisotopic (exact) mass is 433 g/mol. The van der Waals surface area contributed by atoms with Crippen molar-refractivity contribution in [3.05, 3.63) is 94.3 Å². The number of nitrogens with zero attached hydrogens (tertiary/aromatic N) is 2. The molecule has 6 nitrogen and oxygen atoms in total. The number of aromatic nitrogens is 1. The van der Waals surface area contributed by atoms with Gasteiger partial charge in [0.05, 0.1) is 22.8 Å². The maximum Gasteiger partial charge on any atom is 0.181 e. The molecule has 7 heteroatoms. The van der Waals surface area contributed by atoms with Gasteiger partial charge in [0.2, 0.25) is 0 Å². The third-order valence-corrected chi connectivity index (χ3v) is 6.80. The molecule has 156 valence electrons. The normalized spacial score (nSPS) is 30.9. The van der Waals surface area contributed by atoms with Crippen molar-refractivity contribution in [1.82, 2.24) is 4.98 Å². The quantitative estimate of drug-likeness (QED) is 0.585. The van der Waals surface area contributed by atoms with Crippen LogP contribution in [0.25, 0.3) is 0 Å². The largest absolute Gasteiger partial charge is 0.476 e. The molecule has 5 rings (SSSR count). The van der Waals surface area contributed by atoms with Crippen LogP contribution in [0.2, 0.25) is 5.02 Å². The molecule has 3 aromatic rings. The molecule has 2 heterocycles. The van der Waals surface area contributed by atoms with Crippen molar-refractivity contribution < 1.29 is 14.9 Å². The van der Waals surface area contributed by atoms with Gasteiger partial charge in [-0.2, -0.15) is 5.26 Å². The molecule has 1 aliphatic heterocycles. The summed E-state index contributed by atoms with van der Waals surface area (Å²) >= 11 is 6.16. The van der Waals surface area contributed by atoms with Gasteiger partial charge in [-0.25, -0.2) is 0 Å². The van der Waals surface area contributed by atoms with E-state index < -0.39 is 29.1 Å². The first-order chi connectivity index (χ1) is 15.0. The number of benzene rings is 2. The van der Waals surface area contributed by atoms with Gasteiger partial charge in [0.1, 0.15) is 11.4 Å². The van der Waals surface area contributed by atoms with E-state index in [1.807, 2.05) is 30.3 Å². The third-order valence-electron chi connectivity index (χ3n) is 6.59. The molecule has 2 aromatic carbocycles. The third kappa shape index (κ3) is 2.52. The van der Waals surface area contributed by atoms with Crippen molar-refractivity contribution >= 4 is 11.6 Å². The lowest BCUT2D eigenvalue weighted by molar-refractivity contribution is -0.153. The van der Waals surface area contributed by atoms with Crippen LogP contribution in [-0.2, 0) is 11.2 Å².